The number of benzene rings is 1. The first-order chi connectivity index (χ1) is 10.6. The number of rotatable bonds is 5. The molecule has 5 nitrogen and oxygen atoms in total. The summed E-state index contributed by atoms with van der Waals surface area (Å²) in [6, 6.07) is 6.70. The van der Waals surface area contributed by atoms with Crippen LogP contribution in [-0.4, -0.2) is 24.1 Å². The lowest BCUT2D eigenvalue weighted by Gasteiger charge is -2.12. The second-order valence-corrected chi connectivity index (χ2v) is 5.12. The zero-order valence-electron chi connectivity index (χ0n) is 12.6. The fraction of sp³-hybridized carbons (Fsp3) is 0.353. The van der Waals surface area contributed by atoms with Gasteiger partial charge in [-0.25, -0.2) is 4.79 Å². The highest BCUT2D eigenvalue weighted by molar-refractivity contribution is 6.21. The Morgan fingerprint density at radius 2 is 1.82 bits per heavy atom. The lowest BCUT2D eigenvalue weighted by atomic mass is 9.93. The van der Waals surface area contributed by atoms with Gasteiger partial charge in [0.25, 0.3) is 0 Å². The Kier molecular flexibility index (Phi) is 5.47. The minimum Gasteiger partial charge on any atom is -0.462 e. The van der Waals surface area contributed by atoms with Crippen molar-refractivity contribution in [1.29, 1.82) is 0 Å². The highest BCUT2D eigenvalue weighted by atomic mass is 16.5. The van der Waals surface area contributed by atoms with Crippen LogP contribution in [0, 0.1) is 0 Å². The van der Waals surface area contributed by atoms with Gasteiger partial charge in [-0.05, 0) is 37.1 Å². The molecule has 22 heavy (non-hydrogen) atoms. The summed E-state index contributed by atoms with van der Waals surface area (Å²) in [5, 5.41) is 2.93. The van der Waals surface area contributed by atoms with Gasteiger partial charge in [0.15, 0.2) is 11.6 Å². The van der Waals surface area contributed by atoms with E-state index < -0.39 is 0 Å². The van der Waals surface area contributed by atoms with E-state index in [1.807, 2.05) is 6.92 Å². The van der Waals surface area contributed by atoms with Gasteiger partial charge in [-0.2, -0.15) is 0 Å². The van der Waals surface area contributed by atoms with E-state index in [4.69, 9.17) is 4.74 Å². The number of allylic oxidation sites excluding steroid dienone is 1. The summed E-state index contributed by atoms with van der Waals surface area (Å²) in [5.74, 6) is -0.601. The molecular weight excluding hydrogens is 282 g/mol. The van der Waals surface area contributed by atoms with Crippen LogP contribution in [0.5, 0.6) is 0 Å². The number of carbonyl (C=O) groups is 3. The Morgan fingerprint density at radius 1 is 1.18 bits per heavy atom. The van der Waals surface area contributed by atoms with Crippen LogP contribution in [0.15, 0.2) is 36.0 Å². The van der Waals surface area contributed by atoms with Crippen LogP contribution >= 0.6 is 0 Å². The quantitative estimate of drug-likeness (QED) is 0.514. The molecule has 1 aliphatic rings. The molecule has 0 bridgehead atoms. The molecule has 5 heteroatoms. The van der Waals surface area contributed by atoms with Crippen molar-refractivity contribution in [3.05, 3.63) is 41.6 Å². The molecule has 1 saturated carbocycles. The van der Waals surface area contributed by atoms with E-state index in [0.29, 0.717) is 37.1 Å². The summed E-state index contributed by atoms with van der Waals surface area (Å²) < 4.78 is 5.04. The summed E-state index contributed by atoms with van der Waals surface area (Å²) in [5.41, 5.74) is 1.39. The predicted molar refractivity (Wildman–Crippen MR) is 82.6 cm³/mol. The largest absolute Gasteiger partial charge is 0.462 e. The van der Waals surface area contributed by atoms with Gasteiger partial charge in [-0.15, -0.1) is 0 Å². The maximum absolute atomic E-state index is 11.7. The molecule has 0 saturated heterocycles. The molecule has 0 heterocycles. The second kappa shape index (κ2) is 7.54. The van der Waals surface area contributed by atoms with Gasteiger partial charge >= 0.3 is 5.97 Å². The van der Waals surface area contributed by atoms with Crippen LogP contribution in [0.1, 0.15) is 43.0 Å². The van der Waals surface area contributed by atoms with Crippen molar-refractivity contribution in [2.24, 2.45) is 0 Å². The van der Waals surface area contributed by atoms with E-state index in [2.05, 4.69) is 5.32 Å². The number of ether oxygens (including phenoxy) is 1. The number of carbonyl (C=O) groups excluding carboxylic acids is 3. The predicted octanol–water partition coefficient (Wildman–Crippen LogP) is 2.87. The first-order valence-corrected chi connectivity index (χ1v) is 7.42. The normalized spacial score (nSPS) is 14.7. The smallest absolute Gasteiger partial charge is 0.338 e. The number of Topliss-reactive ketones (excluding diaryl/α,β-unsaturated/α-hetero) is 2. The van der Waals surface area contributed by atoms with E-state index >= 15 is 0 Å². The Hall–Kier alpha value is -2.43. The zero-order valence-corrected chi connectivity index (χ0v) is 12.6. The molecule has 2 rings (SSSR count). The molecule has 1 fully saturated rings. The summed E-state index contributed by atoms with van der Waals surface area (Å²) in [6.07, 6.45) is 3.70. The SMILES string of the molecule is CCCOC(=O)c1ccc(NC=C2C(=O)CCCC2=O)cc1. The number of esters is 1. The van der Waals surface area contributed by atoms with E-state index in [0.717, 1.165) is 6.42 Å². The van der Waals surface area contributed by atoms with Crippen molar-refractivity contribution in [1.82, 2.24) is 0 Å². The van der Waals surface area contributed by atoms with Crippen LogP contribution < -0.4 is 5.32 Å². The van der Waals surface area contributed by atoms with Gasteiger partial charge in [0.05, 0.1) is 17.7 Å². The van der Waals surface area contributed by atoms with Gasteiger partial charge in [0.2, 0.25) is 0 Å². The maximum Gasteiger partial charge on any atom is 0.338 e. The van der Waals surface area contributed by atoms with Crippen molar-refractivity contribution in [3.63, 3.8) is 0 Å². The molecule has 1 aromatic rings. The molecule has 1 aliphatic carbocycles. The summed E-state index contributed by atoms with van der Waals surface area (Å²) in [7, 11) is 0. The Bertz CT molecular complexity index is 584. The minimum atomic E-state index is -0.357. The lowest BCUT2D eigenvalue weighted by molar-refractivity contribution is -0.123. The van der Waals surface area contributed by atoms with Gasteiger partial charge in [-0.1, -0.05) is 6.92 Å². The number of nitrogens with one attached hydrogen (secondary N) is 1. The van der Waals surface area contributed by atoms with Gasteiger partial charge in [0.1, 0.15) is 0 Å². The van der Waals surface area contributed by atoms with Crippen molar-refractivity contribution >= 4 is 23.2 Å². The number of hydrogen-bond acceptors (Lipinski definition) is 5. The topological polar surface area (TPSA) is 72.5 Å². The average molecular weight is 301 g/mol. The van der Waals surface area contributed by atoms with Crippen LogP contribution in [0.2, 0.25) is 0 Å². The number of hydrogen-bond donors (Lipinski definition) is 1. The molecule has 0 aromatic heterocycles. The average Bonchev–Trinajstić information content (AvgIpc) is 2.52. The highest BCUT2D eigenvalue weighted by Crippen LogP contribution is 2.17. The summed E-state index contributed by atoms with van der Waals surface area (Å²) in [6.45, 7) is 2.33. The minimum absolute atomic E-state index is 0.122. The van der Waals surface area contributed by atoms with Crippen molar-refractivity contribution in [2.45, 2.75) is 32.6 Å². The van der Waals surface area contributed by atoms with E-state index in [-0.39, 0.29) is 23.1 Å². The third-order valence-electron chi connectivity index (χ3n) is 3.35. The zero-order chi connectivity index (χ0) is 15.9. The van der Waals surface area contributed by atoms with Gasteiger partial charge in [0, 0.05) is 24.7 Å². The molecular formula is C17H19NO4. The second-order valence-electron chi connectivity index (χ2n) is 5.12. The van der Waals surface area contributed by atoms with Gasteiger partial charge in [-0.3, -0.25) is 9.59 Å². The molecule has 0 spiro atoms. The Balaban J connectivity index is 2.00. The van der Waals surface area contributed by atoms with Crippen LogP contribution in [0.3, 0.4) is 0 Å². The first-order valence-electron chi connectivity index (χ1n) is 7.42. The Labute approximate surface area is 129 Å². The molecule has 0 amide bonds. The van der Waals surface area contributed by atoms with Crippen molar-refractivity contribution in [2.75, 3.05) is 11.9 Å². The van der Waals surface area contributed by atoms with E-state index in [9.17, 15) is 14.4 Å². The standard InChI is InChI=1S/C17H19NO4/c1-2-10-22-17(21)12-6-8-13(9-7-12)18-11-14-15(19)4-3-5-16(14)20/h6-9,11,18H,2-5,10H2,1H3. The fourth-order valence-corrected chi connectivity index (χ4v) is 2.13. The third kappa shape index (κ3) is 4.04. The van der Waals surface area contributed by atoms with Crippen molar-refractivity contribution < 1.29 is 19.1 Å². The number of ketones is 2. The monoisotopic (exact) mass is 301 g/mol. The summed E-state index contributed by atoms with van der Waals surface area (Å²) >= 11 is 0. The number of anilines is 1. The van der Waals surface area contributed by atoms with E-state index in [1.165, 1.54) is 6.20 Å². The maximum atomic E-state index is 11.7. The fourth-order valence-electron chi connectivity index (χ4n) is 2.13. The van der Waals surface area contributed by atoms with Gasteiger partial charge < -0.3 is 10.1 Å². The van der Waals surface area contributed by atoms with Crippen LogP contribution in [0.25, 0.3) is 0 Å². The molecule has 0 aliphatic heterocycles. The van der Waals surface area contributed by atoms with Crippen LogP contribution in [0.4, 0.5) is 5.69 Å². The third-order valence-corrected chi connectivity index (χ3v) is 3.35. The van der Waals surface area contributed by atoms with Crippen molar-refractivity contribution in [3.8, 4) is 0 Å². The lowest BCUT2D eigenvalue weighted by Crippen LogP contribution is -2.19. The molecule has 1 aromatic carbocycles. The molecule has 0 unspecified atom stereocenters. The Morgan fingerprint density at radius 3 is 2.41 bits per heavy atom. The summed E-state index contributed by atoms with van der Waals surface area (Å²) in [4.78, 5) is 35.0. The molecule has 0 radical (unpaired) electrons. The van der Waals surface area contributed by atoms with E-state index in [1.54, 1.807) is 24.3 Å². The highest BCUT2D eigenvalue weighted by Gasteiger charge is 2.22. The first kappa shape index (κ1) is 15.9. The van der Waals surface area contributed by atoms with Crippen LogP contribution in [-0.2, 0) is 14.3 Å². The molecule has 116 valence electrons. The molecule has 1 N–H and O–H groups in total. The molecule has 0 atom stereocenters.